The lowest BCUT2D eigenvalue weighted by Gasteiger charge is -2.18. The molecule has 5 heteroatoms. The van der Waals surface area contributed by atoms with Crippen molar-refractivity contribution in [2.24, 2.45) is 0 Å². The Morgan fingerprint density at radius 3 is 2.76 bits per heavy atom. The van der Waals surface area contributed by atoms with Crippen LogP contribution in [0.3, 0.4) is 0 Å². The van der Waals surface area contributed by atoms with E-state index >= 15 is 0 Å². The van der Waals surface area contributed by atoms with Gasteiger partial charge in [-0.15, -0.1) is 0 Å². The second-order valence-corrected chi connectivity index (χ2v) is 6.21. The fraction of sp³-hybridized carbons (Fsp3) is 0.300. The lowest BCUT2D eigenvalue weighted by atomic mass is 10.1. The predicted octanol–water partition coefficient (Wildman–Crippen LogP) is 3.34. The van der Waals surface area contributed by atoms with Crippen LogP contribution in [0.2, 0.25) is 0 Å². The molecule has 0 aromatic heterocycles. The third-order valence-electron chi connectivity index (χ3n) is 4.46. The molecule has 1 amide bonds. The van der Waals surface area contributed by atoms with Crippen molar-refractivity contribution in [3.8, 4) is 6.07 Å². The van der Waals surface area contributed by atoms with Gasteiger partial charge in [0.1, 0.15) is 11.9 Å². The van der Waals surface area contributed by atoms with Crippen LogP contribution in [0.5, 0.6) is 0 Å². The number of halogens is 1. The number of anilines is 1. The summed E-state index contributed by atoms with van der Waals surface area (Å²) >= 11 is 0. The molecule has 1 unspecified atom stereocenters. The van der Waals surface area contributed by atoms with Crippen LogP contribution in [0, 0.1) is 17.1 Å². The average Bonchev–Trinajstić information content (AvgIpc) is 2.98. The first-order valence-corrected chi connectivity index (χ1v) is 8.46. The monoisotopic (exact) mass is 337 g/mol. The van der Waals surface area contributed by atoms with Gasteiger partial charge in [-0.2, -0.15) is 5.26 Å². The molecule has 1 saturated heterocycles. The van der Waals surface area contributed by atoms with Crippen LogP contribution in [0.1, 0.15) is 24.0 Å². The van der Waals surface area contributed by atoms with Crippen LogP contribution < -0.4 is 5.32 Å². The molecule has 0 spiro atoms. The van der Waals surface area contributed by atoms with E-state index in [4.69, 9.17) is 5.26 Å². The van der Waals surface area contributed by atoms with Crippen molar-refractivity contribution in [1.82, 2.24) is 4.90 Å². The number of likely N-dealkylation sites (tertiary alicyclic amines) is 1. The van der Waals surface area contributed by atoms with E-state index in [1.165, 1.54) is 17.7 Å². The van der Waals surface area contributed by atoms with Crippen molar-refractivity contribution in [3.63, 3.8) is 0 Å². The summed E-state index contributed by atoms with van der Waals surface area (Å²) in [6.07, 6.45) is 2.50. The molecule has 1 heterocycles. The van der Waals surface area contributed by atoms with Gasteiger partial charge in [-0.25, -0.2) is 4.39 Å². The molecule has 0 saturated carbocycles. The van der Waals surface area contributed by atoms with Gasteiger partial charge in [0.25, 0.3) is 0 Å². The minimum absolute atomic E-state index is 0.0109. The van der Waals surface area contributed by atoms with Crippen molar-refractivity contribution < 1.29 is 9.18 Å². The van der Waals surface area contributed by atoms with Gasteiger partial charge < -0.3 is 10.2 Å². The first-order chi connectivity index (χ1) is 12.2. The summed E-state index contributed by atoms with van der Waals surface area (Å²) in [5, 5.41) is 11.8. The molecule has 1 N–H and O–H groups in total. The van der Waals surface area contributed by atoms with Gasteiger partial charge in [-0.05, 0) is 43.0 Å². The standard InChI is InChI=1S/C20H20FN3O/c21-17-13-16(14-22)8-9-18(17)23-19-10-12-24(20(19)25)11-4-7-15-5-2-1-3-6-15/h1-3,5-6,8-9,13,19,23H,4,7,10-12H2. The number of hydrogen-bond acceptors (Lipinski definition) is 3. The maximum Gasteiger partial charge on any atom is 0.245 e. The highest BCUT2D eigenvalue weighted by Crippen LogP contribution is 2.21. The topological polar surface area (TPSA) is 56.1 Å². The van der Waals surface area contributed by atoms with Crippen molar-refractivity contribution >= 4 is 11.6 Å². The Kier molecular flexibility index (Phi) is 5.30. The molecule has 1 aliphatic heterocycles. The molecular weight excluding hydrogens is 317 g/mol. The fourth-order valence-electron chi connectivity index (χ4n) is 3.10. The van der Waals surface area contributed by atoms with E-state index < -0.39 is 11.9 Å². The molecule has 2 aromatic carbocycles. The molecule has 2 aromatic rings. The summed E-state index contributed by atoms with van der Waals surface area (Å²) in [4.78, 5) is 14.3. The highest BCUT2D eigenvalue weighted by molar-refractivity contribution is 5.86. The minimum Gasteiger partial charge on any atom is -0.371 e. The van der Waals surface area contributed by atoms with Gasteiger partial charge in [0.15, 0.2) is 0 Å². The molecule has 4 nitrogen and oxygen atoms in total. The highest BCUT2D eigenvalue weighted by Gasteiger charge is 2.31. The highest BCUT2D eigenvalue weighted by atomic mass is 19.1. The summed E-state index contributed by atoms with van der Waals surface area (Å²) in [6, 6.07) is 15.9. The van der Waals surface area contributed by atoms with E-state index in [0.29, 0.717) is 19.5 Å². The molecular formula is C20H20FN3O. The molecule has 1 aliphatic rings. The van der Waals surface area contributed by atoms with E-state index in [0.717, 1.165) is 12.8 Å². The van der Waals surface area contributed by atoms with Crippen LogP contribution in [-0.2, 0) is 11.2 Å². The Hall–Kier alpha value is -2.87. The second kappa shape index (κ2) is 7.80. The van der Waals surface area contributed by atoms with E-state index in [1.54, 1.807) is 6.07 Å². The molecule has 3 rings (SSSR count). The Morgan fingerprint density at radius 1 is 1.24 bits per heavy atom. The van der Waals surface area contributed by atoms with E-state index in [9.17, 15) is 9.18 Å². The van der Waals surface area contributed by atoms with Crippen LogP contribution in [0.15, 0.2) is 48.5 Å². The Labute approximate surface area is 146 Å². The lowest BCUT2D eigenvalue weighted by molar-refractivity contribution is -0.128. The number of aryl methyl sites for hydroxylation is 1. The van der Waals surface area contributed by atoms with Gasteiger partial charge >= 0.3 is 0 Å². The van der Waals surface area contributed by atoms with E-state index in [2.05, 4.69) is 17.4 Å². The zero-order valence-corrected chi connectivity index (χ0v) is 13.9. The minimum atomic E-state index is -0.505. The molecule has 1 atom stereocenters. The van der Waals surface area contributed by atoms with Crippen molar-refractivity contribution in [1.29, 1.82) is 5.26 Å². The first-order valence-electron chi connectivity index (χ1n) is 8.46. The van der Waals surface area contributed by atoms with Crippen LogP contribution >= 0.6 is 0 Å². The summed E-state index contributed by atoms with van der Waals surface area (Å²) in [5.41, 5.74) is 1.80. The quantitative estimate of drug-likeness (QED) is 0.879. The number of nitrogens with one attached hydrogen (secondary N) is 1. The molecule has 1 fully saturated rings. The average molecular weight is 337 g/mol. The van der Waals surface area contributed by atoms with E-state index in [-0.39, 0.29) is 17.2 Å². The van der Waals surface area contributed by atoms with Crippen molar-refractivity contribution in [2.75, 3.05) is 18.4 Å². The predicted molar refractivity (Wildman–Crippen MR) is 94.5 cm³/mol. The smallest absolute Gasteiger partial charge is 0.245 e. The normalized spacial score (nSPS) is 16.7. The maximum absolute atomic E-state index is 14.0. The summed E-state index contributed by atoms with van der Waals surface area (Å²) in [6.45, 7) is 1.39. The zero-order valence-electron chi connectivity index (χ0n) is 13.9. The first kappa shape index (κ1) is 17.0. The summed E-state index contributed by atoms with van der Waals surface area (Å²) in [5.74, 6) is -0.494. The van der Waals surface area contributed by atoms with Crippen LogP contribution in [-0.4, -0.2) is 29.9 Å². The van der Waals surface area contributed by atoms with Gasteiger partial charge in [0, 0.05) is 13.1 Å². The van der Waals surface area contributed by atoms with Gasteiger partial charge in [0.05, 0.1) is 17.3 Å². The SMILES string of the molecule is N#Cc1ccc(NC2CCN(CCCc3ccccc3)C2=O)c(F)c1. The third kappa shape index (κ3) is 4.16. The molecule has 0 bridgehead atoms. The summed E-state index contributed by atoms with van der Waals surface area (Å²) in [7, 11) is 0. The number of hydrogen-bond donors (Lipinski definition) is 1. The molecule has 25 heavy (non-hydrogen) atoms. The number of carbonyl (C=O) groups is 1. The van der Waals surface area contributed by atoms with Gasteiger partial charge in [-0.1, -0.05) is 30.3 Å². The van der Waals surface area contributed by atoms with Gasteiger partial charge in [0.2, 0.25) is 5.91 Å². The van der Waals surface area contributed by atoms with Crippen molar-refractivity contribution in [2.45, 2.75) is 25.3 Å². The maximum atomic E-state index is 14.0. The van der Waals surface area contributed by atoms with Gasteiger partial charge in [-0.3, -0.25) is 4.79 Å². The Bertz CT molecular complexity index is 785. The molecule has 0 radical (unpaired) electrons. The fourth-order valence-corrected chi connectivity index (χ4v) is 3.10. The van der Waals surface area contributed by atoms with Crippen LogP contribution in [0.25, 0.3) is 0 Å². The third-order valence-corrected chi connectivity index (χ3v) is 4.46. The number of nitriles is 1. The molecule has 0 aliphatic carbocycles. The second-order valence-electron chi connectivity index (χ2n) is 6.21. The van der Waals surface area contributed by atoms with Crippen LogP contribution in [0.4, 0.5) is 10.1 Å². The Morgan fingerprint density at radius 2 is 2.04 bits per heavy atom. The lowest BCUT2D eigenvalue weighted by Crippen LogP contribution is -2.34. The number of amides is 1. The Balaban J connectivity index is 1.52. The summed E-state index contributed by atoms with van der Waals surface area (Å²) < 4.78 is 14.0. The molecule has 128 valence electrons. The van der Waals surface area contributed by atoms with Crippen molar-refractivity contribution in [3.05, 3.63) is 65.5 Å². The zero-order chi connectivity index (χ0) is 17.6. The number of benzene rings is 2. The number of nitrogens with zero attached hydrogens (tertiary/aromatic N) is 2. The largest absolute Gasteiger partial charge is 0.371 e. The number of carbonyl (C=O) groups excluding carboxylic acids is 1. The number of rotatable bonds is 6. The van der Waals surface area contributed by atoms with E-state index in [1.807, 2.05) is 29.2 Å².